The van der Waals surface area contributed by atoms with Gasteiger partial charge >= 0.3 is 5.97 Å². The molecule has 1 aliphatic heterocycles. The molecule has 0 radical (unpaired) electrons. The maximum absolute atomic E-state index is 12.3. The van der Waals surface area contributed by atoms with E-state index in [2.05, 4.69) is 6.07 Å². The number of carboxylic acids is 1. The van der Waals surface area contributed by atoms with Crippen LogP contribution in [0, 0.1) is 22.7 Å². The zero-order valence-corrected chi connectivity index (χ0v) is 9.69. The van der Waals surface area contributed by atoms with Crippen molar-refractivity contribution in [2.75, 3.05) is 13.1 Å². The molecule has 1 unspecified atom stereocenters. The van der Waals surface area contributed by atoms with Crippen molar-refractivity contribution < 1.29 is 14.7 Å². The molecule has 0 aromatic heterocycles. The van der Waals surface area contributed by atoms with Crippen molar-refractivity contribution in [1.82, 2.24) is 4.90 Å². The van der Waals surface area contributed by atoms with Crippen molar-refractivity contribution in [2.24, 2.45) is 11.3 Å². The Kier molecular flexibility index (Phi) is 3.05. The lowest BCUT2D eigenvalue weighted by molar-refractivity contribution is -0.142. The normalized spacial score (nSPS) is 26.8. The fraction of sp³-hybridized carbons (Fsp3) is 0.750. The molecular weight excluding hydrogens is 220 g/mol. The first-order valence-electron chi connectivity index (χ1n) is 6.02. The topological polar surface area (TPSA) is 81.4 Å². The number of hydrogen-bond donors (Lipinski definition) is 1. The molecule has 1 heterocycles. The third kappa shape index (κ3) is 1.99. The predicted octanol–water partition coefficient (Wildman–Crippen LogP) is 1.00. The van der Waals surface area contributed by atoms with Crippen LogP contribution >= 0.6 is 0 Å². The second-order valence-electron chi connectivity index (χ2n) is 4.98. The summed E-state index contributed by atoms with van der Waals surface area (Å²) in [6.45, 7) is 0.733. The van der Waals surface area contributed by atoms with Crippen LogP contribution in [0.3, 0.4) is 0 Å². The zero-order chi connectivity index (χ0) is 12.5. The van der Waals surface area contributed by atoms with E-state index in [1.54, 1.807) is 4.90 Å². The maximum Gasteiger partial charge on any atom is 0.308 e. The first-order valence-corrected chi connectivity index (χ1v) is 6.02. The van der Waals surface area contributed by atoms with Crippen LogP contribution in [-0.2, 0) is 9.59 Å². The van der Waals surface area contributed by atoms with Crippen molar-refractivity contribution in [3.63, 3.8) is 0 Å². The molecule has 1 N–H and O–H groups in total. The van der Waals surface area contributed by atoms with Crippen LogP contribution in [0.2, 0.25) is 0 Å². The fourth-order valence-electron chi connectivity index (χ4n) is 2.80. The van der Waals surface area contributed by atoms with Crippen LogP contribution in [0.4, 0.5) is 0 Å². The Morgan fingerprint density at radius 3 is 2.47 bits per heavy atom. The van der Waals surface area contributed by atoms with Gasteiger partial charge in [-0.2, -0.15) is 5.26 Å². The summed E-state index contributed by atoms with van der Waals surface area (Å²) < 4.78 is 0. The third-order valence-electron chi connectivity index (χ3n) is 3.91. The second kappa shape index (κ2) is 4.36. The summed E-state index contributed by atoms with van der Waals surface area (Å²) in [6.07, 6.45) is 3.57. The summed E-state index contributed by atoms with van der Waals surface area (Å²) in [5.74, 6) is -1.46. The van der Waals surface area contributed by atoms with Crippen LogP contribution in [0.15, 0.2) is 0 Å². The molecule has 2 aliphatic rings. The lowest BCUT2D eigenvalue weighted by atomic mass is 9.86. The van der Waals surface area contributed by atoms with Crippen molar-refractivity contribution in [2.45, 2.75) is 32.1 Å². The van der Waals surface area contributed by atoms with Crippen LogP contribution < -0.4 is 0 Å². The number of amides is 1. The number of hydrogen-bond acceptors (Lipinski definition) is 3. The van der Waals surface area contributed by atoms with E-state index in [0.29, 0.717) is 25.8 Å². The van der Waals surface area contributed by atoms with Crippen LogP contribution in [0.5, 0.6) is 0 Å². The molecule has 0 aromatic rings. The summed E-state index contributed by atoms with van der Waals surface area (Å²) in [6, 6.07) is 2.16. The smallest absolute Gasteiger partial charge is 0.308 e. The number of rotatable bonds is 2. The highest BCUT2D eigenvalue weighted by molar-refractivity contribution is 5.86. The minimum atomic E-state index is -0.868. The molecule has 0 aromatic carbocycles. The van der Waals surface area contributed by atoms with Gasteiger partial charge in [-0.1, -0.05) is 12.8 Å². The highest BCUT2D eigenvalue weighted by Gasteiger charge is 2.46. The molecule has 1 saturated heterocycles. The summed E-state index contributed by atoms with van der Waals surface area (Å²) in [5, 5.41) is 18.1. The van der Waals surface area contributed by atoms with E-state index in [0.717, 1.165) is 12.8 Å². The molecule has 1 saturated carbocycles. The number of likely N-dealkylation sites (tertiary alicyclic amines) is 1. The van der Waals surface area contributed by atoms with Gasteiger partial charge in [0.25, 0.3) is 0 Å². The van der Waals surface area contributed by atoms with E-state index in [-0.39, 0.29) is 12.5 Å². The van der Waals surface area contributed by atoms with Crippen molar-refractivity contribution in [3.05, 3.63) is 0 Å². The quantitative estimate of drug-likeness (QED) is 0.775. The van der Waals surface area contributed by atoms with Gasteiger partial charge in [0.1, 0.15) is 5.41 Å². The van der Waals surface area contributed by atoms with Gasteiger partial charge < -0.3 is 10.0 Å². The van der Waals surface area contributed by atoms with Gasteiger partial charge in [0, 0.05) is 13.1 Å². The lowest BCUT2D eigenvalue weighted by Crippen LogP contribution is -2.41. The van der Waals surface area contributed by atoms with Crippen LogP contribution in [0.1, 0.15) is 32.1 Å². The van der Waals surface area contributed by atoms with Gasteiger partial charge in [-0.05, 0) is 19.3 Å². The summed E-state index contributed by atoms with van der Waals surface area (Å²) in [5.41, 5.74) is -0.868. The number of aliphatic carboxylic acids is 1. The molecule has 0 spiro atoms. The number of nitriles is 1. The first kappa shape index (κ1) is 11.9. The van der Waals surface area contributed by atoms with Crippen LogP contribution in [-0.4, -0.2) is 35.0 Å². The SMILES string of the molecule is N#CC1(C(=O)N2CCC(C(=O)O)C2)CCCC1. The Labute approximate surface area is 100 Å². The van der Waals surface area contributed by atoms with Gasteiger partial charge in [-0.15, -0.1) is 0 Å². The molecule has 17 heavy (non-hydrogen) atoms. The van der Waals surface area contributed by atoms with E-state index in [9.17, 15) is 14.9 Å². The lowest BCUT2D eigenvalue weighted by Gasteiger charge is -2.26. The van der Waals surface area contributed by atoms with E-state index >= 15 is 0 Å². The summed E-state index contributed by atoms with van der Waals surface area (Å²) >= 11 is 0. The van der Waals surface area contributed by atoms with Gasteiger partial charge in [0.2, 0.25) is 5.91 Å². The summed E-state index contributed by atoms with van der Waals surface area (Å²) in [7, 11) is 0. The highest BCUT2D eigenvalue weighted by atomic mass is 16.4. The Morgan fingerprint density at radius 2 is 2.00 bits per heavy atom. The van der Waals surface area contributed by atoms with Crippen molar-refractivity contribution >= 4 is 11.9 Å². The maximum atomic E-state index is 12.3. The Bertz CT molecular complexity index is 380. The highest BCUT2D eigenvalue weighted by Crippen LogP contribution is 2.40. The van der Waals surface area contributed by atoms with Crippen molar-refractivity contribution in [1.29, 1.82) is 5.26 Å². The Hall–Kier alpha value is -1.57. The molecule has 2 fully saturated rings. The molecule has 2 rings (SSSR count). The number of carboxylic acid groups (broad SMARTS) is 1. The van der Waals surface area contributed by atoms with E-state index in [4.69, 9.17) is 5.11 Å². The fourth-order valence-corrected chi connectivity index (χ4v) is 2.80. The monoisotopic (exact) mass is 236 g/mol. The molecule has 92 valence electrons. The van der Waals surface area contributed by atoms with Gasteiger partial charge in [0.05, 0.1) is 12.0 Å². The van der Waals surface area contributed by atoms with Crippen molar-refractivity contribution in [3.8, 4) is 6.07 Å². The Balaban J connectivity index is 2.06. The molecule has 1 aliphatic carbocycles. The molecule has 5 nitrogen and oxygen atoms in total. The average molecular weight is 236 g/mol. The molecule has 0 bridgehead atoms. The minimum Gasteiger partial charge on any atom is -0.481 e. The molecular formula is C12H16N2O3. The largest absolute Gasteiger partial charge is 0.481 e. The second-order valence-corrected chi connectivity index (χ2v) is 4.98. The van der Waals surface area contributed by atoms with Gasteiger partial charge in [-0.25, -0.2) is 0 Å². The van der Waals surface area contributed by atoms with Gasteiger partial charge in [-0.3, -0.25) is 9.59 Å². The standard InChI is InChI=1S/C12H16N2O3/c13-8-12(4-1-2-5-12)11(17)14-6-3-9(7-14)10(15)16/h9H,1-7H2,(H,15,16). The van der Waals surface area contributed by atoms with E-state index in [1.807, 2.05) is 0 Å². The number of carbonyl (C=O) groups excluding carboxylic acids is 1. The zero-order valence-electron chi connectivity index (χ0n) is 9.69. The molecule has 1 amide bonds. The molecule has 5 heteroatoms. The summed E-state index contributed by atoms with van der Waals surface area (Å²) in [4.78, 5) is 24.7. The van der Waals surface area contributed by atoms with Gasteiger partial charge in [0.15, 0.2) is 0 Å². The predicted molar refractivity (Wildman–Crippen MR) is 58.8 cm³/mol. The number of nitrogens with zero attached hydrogens (tertiary/aromatic N) is 2. The Morgan fingerprint density at radius 1 is 1.35 bits per heavy atom. The average Bonchev–Trinajstić information content (AvgIpc) is 2.98. The van der Waals surface area contributed by atoms with E-state index < -0.39 is 17.3 Å². The third-order valence-corrected chi connectivity index (χ3v) is 3.91. The number of carbonyl (C=O) groups is 2. The van der Waals surface area contributed by atoms with Crippen LogP contribution in [0.25, 0.3) is 0 Å². The van der Waals surface area contributed by atoms with E-state index in [1.165, 1.54) is 0 Å². The molecule has 1 atom stereocenters. The first-order chi connectivity index (χ1) is 8.09. The minimum absolute atomic E-state index is 0.152.